The van der Waals surface area contributed by atoms with Crippen LogP contribution in [0.1, 0.15) is 36.1 Å². The van der Waals surface area contributed by atoms with Gasteiger partial charge in [-0.15, -0.1) is 0 Å². The summed E-state index contributed by atoms with van der Waals surface area (Å²) in [5, 5.41) is 0. The number of nitrogens with two attached hydrogens (primary N) is 1. The Hall–Kier alpha value is -1.35. The van der Waals surface area contributed by atoms with Crippen molar-refractivity contribution in [1.29, 1.82) is 0 Å². The Morgan fingerprint density at radius 3 is 2.32 bits per heavy atom. The van der Waals surface area contributed by atoms with Crippen LogP contribution < -0.4 is 5.73 Å². The van der Waals surface area contributed by atoms with Crippen LogP contribution in [0.15, 0.2) is 12.1 Å². The molecule has 0 aliphatic carbocycles. The van der Waals surface area contributed by atoms with Crippen molar-refractivity contribution in [3.63, 3.8) is 0 Å². The normalized spacial score (nSPS) is 11.5. The van der Waals surface area contributed by atoms with Crippen LogP contribution >= 0.6 is 0 Å². The maximum Gasteiger partial charge on any atom is 0.229 e. The molecule has 1 aromatic rings. The van der Waals surface area contributed by atoms with E-state index in [4.69, 9.17) is 5.73 Å². The number of benzene rings is 1. The summed E-state index contributed by atoms with van der Waals surface area (Å²) in [7, 11) is 1.84. The number of nitrogens with zero attached hydrogens (tertiary/aromatic N) is 1. The summed E-state index contributed by atoms with van der Waals surface area (Å²) in [5.74, 6) is 0.0904. The van der Waals surface area contributed by atoms with Gasteiger partial charge in [-0.05, 0) is 56.9 Å². The van der Waals surface area contributed by atoms with E-state index >= 15 is 0 Å². The molecule has 3 nitrogen and oxygen atoms in total. The molecule has 0 saturated carbocycles. The van der Waals surface area contributed by atoms with Gasteiger partial charge in [0.2, 0.25) is 5.91 Å². The van der Waals surface area contributed by atoms with Gasteiger partial charge >= 0.3 is 0 Å². The fourth-order valence-corrected chi connectivity index (χ4v) is 2.11. The highest BCUT2D eigenvalue weighted by molar-refractivity contribution is 5.82. The molecule has 0 aromatic heterocycles. The third kappa shape index (κ3) is 3.35. The van der Waals surface area contributed by atoms with E-state index in [2.05, 4.69) is 32.9 Å². The number of hydrogen-bond donors (Lipinski definition) is 1. The zero-order valence-corrected chi connectivity index (χ0v) is 13.0. The number of carbonyl (C=O) groups is 1. The molecule has 1 amide bonds. The predicted molar refractivity (Wildman–Crippen MR) is 80.0 cm³/mol. The van der Waals surface area contributed by atoms with Crippen molar-refractivity contribution >= 4 is 5.91 Å². The second-order valence-corrected chi connectivity index (χ2v) is 6.04. The van der Waals surface area contributed by atoms with Gasteiger partial charge in [0.25, 0.3) is 0 Å². The molecule has 0 spiro atoms. The van der Waals surface area contributed by atoms with Crippen LogP contribution in [-0.4, -0.2) is 24.4 Å². The lowest BCUT2D eigenvalue weighted by molar-refractivity contribution is -0.139. The zero-order valence-electron chi connectivity index (χ0n) is 13.0. The molecular weight excluding hydrogens is 236 g/mol. The minimum atomic E-state index is -0.498. The van der Waals surface area contributed by atoms with Crippen molar-refractivity contribution in [1.82, 2.24) is 4.90 Å². The highest BCUT2D eigenvalue weighted by atomic mass is 16.2. The molecule has 0 bridgehead atoms. The SMILES string of the molecule is Cc1ccc(CN(C)C(=O)C(C)(C)CN)c(C)c1C. The van der Waals surface area contributed by atoms with Crippen molar-refractivity contribution in [2.75, 3.05) is 13.6 Å². The first-order valence-corrected chi connectivity index (χ1v) is 6.72. The summed E-state index contributed by atoms with van der Waals surface area (Å²) in [6, 6.07) is 4.22. The fraction of sp³-hybridized carbons (Fsp3) is 0.562. The first kappa shape index (κ1) is 15.7. The molecule has 0 radical (unpaired) electrons. The van der Waals surface area contributed by atoms with Crippen LogP contribution in [0.25, 0.3) is 0 Å². The van der Waals surface area contributed by atoms with Gasteiger partial charge in [-0.3, -0.25) is 4.79 Å². The predicted octanol–water partition coefficient (Wildman–Crippen LogP) is 2.56. The van der Waals surface area contributed by atoms with Crippen LogP contribution in [-0.2, 0) is 11.3 Å². The summed E-state index contributed by atoms with van der Waals surface area (Å²) in [6.45, 7) is 11.1. The molecule has 106 valence electrons. The van der Waals surface area contributed by atoms with Crippen LogP contribution in [0, 0.1) is 26.2 Å². The van der Waals surface area contributed by atoms with Crippen LogP contribution in [0.5, 0.6) is 0 Å². The molecule has 3 heteroatoms. The van der Waals surface area contributed by atoms with E-state index in [-0.39, 0.29) is 5.91 Å². The Labute approximate surface area is 116 Å². The van der Waals surface area contributed by atoms with Crippen LogP contribution in [0.3, 0.4) is 0 Å². The van der Waals surface area contributed by atoms with E-state index in [0.29, 0.717) is 13.1 Å². The van der Waals surface area contributed by atoms with Crippen molar-refractivity contribution in [3.8, 4) is 0 Å². The van der Waals surface area contributed by atoms with E-state index in [1.54, 1.807) is 4.90 Å². The highest BCUT2D eigenvalue weighted by Gasteiger charge is 2.29. The van der Waals surface area contributed by atoms with Gasteiger partial charge in [0.05, 0.1) is 5.41 Å². The van der Waals surface area contributed by atoms with Gasteiger partial charge < -0.3 is 10.6 Å². The lowest BCUT2D eigenvalue weighted by Crippen LogP contribution is -2.42. The smallest absolute Gasteiger partial charge is 0.229 e. The quantitative estimate of drug-likeness (QED) is 0.906. The zero-order chi connectivity index (χ0) is 14.8. The molecular formula is C16H26N2O. The molecule has 0 unspecified atom stereocenters. The number of aryl methyl sites for hydroxylation is 1. The maximum absolute atomic E-state index is 12.3. The largest absolute Gasteiger partial charge is 0.341 e. The Morgan fingerprint density at radius 2 is 1.79 bits per heavy atom. The second-order valence-electron chi connectivity index (χ2n) is 6.04. The number of amides is 1. The molecule has 2 N–H and O–H groups in total. The lowest BCUT2D eigenvalue weighted by atomic mass is 9.91. The molecule has 19 heavy (non-hydrogen) atoms. The Bertz CT molecular complexity index is 478. The first-order chi connectivity index (χ1) is 8.70. The van der Waals surface area contributed by atoms with Crippen LogP contribution in [0.2, 0.25) is 0 Å². The maximum atomic E-state index is 12.3. The second kappa shape index (κ2) is 5.74. The van der Waals surface area contributed by atoms with Gasteiger partial charge in [-0.1, -0.05) is 12.1 Å². The average molecular weight is 262 g/mol. The minimum absolute atomic E-state index is 0.0904. The van der Waals surface area contributed by atoms with Crippen molar-refractivity contribution in [3.05, 3.63) is 34.4 Å². The molecule has 0 aliphatic heterocycles. The van der Waals surface area contributed by atoms with Gasteiger partial charge in [-0.2, -0.15) is 0 Å². The summed E-state index contributed by atoms with van der Waals surface area (Å²) in [5.41, 5.74) is 10.2. The average Bonchev–Trinajstić information content (AvgIpc) is 2.38. The topological polar surface area (TPSA) is 46.3 Å². The standard InChI is InChI=1S/C16H26N2O/c1-11-7-8-14(13(3)12(11)2)9-18(6)15(19)16(4,5)10-17/h7-8H,9-10,17H2,1-6H3. The molecule has 1 rings (SSSR count). The molecule has 1 aromatic carbocycles. The molecule has 0 atom stereocenters. The highest BCUT2D eigenvalue weighted by Crippen LogP contribution is 2.21. The van der Waals surface area contributed by atoms with Gasteiger partial charge in [0.1, 0.15) is 0 Å². The summed E-state index contributed by atoms with van der Waals surface area (Å²) < 4.78 is 0. The van der Waals surface area contributed by atoms with E-state index in [9.17, 15) is 4.79 Å². The van der Waals surface area contributed by atoms with E-state index in [1.165, 1.54) is 22.3 Å². The third-order valence-electron chi connectivity index (χ3n) is 4.01. The van der Waals surface area contributed by atoms with Gasteiger partial charge in [0.15, 0.2) is 0 Å². The van der Waals surface area contributed by atoms with E-state index in [1.807, 2.05) is 20.9 Å². The van der Waals surface area contributed by atoms with E-state index in [0.717, 1.165) is 0 Å². The van der Waals surface area contributed by atoms with Gasteiger partial charge in [0, 0.05) is 20.1 Å². The van der Waals surface area contributed by atoms with Gasteiger partial charge in [-0.25, -0.2) is 0 Å². The Morgan fingerprint density at radius 1 is 1.21 bits per heavy atom. The Kier molecular flexibility index (Phi) is 4.75. The van der Waals surface area contributed by atoms with Crippen LogP contribution in [0.4, 0.5) is 0 Å². The molecule has 0 heterocycles. The summed E-state index contributed by atoms with van der Waals surface area (Å²) >= 11 is 0. The molecule has 0 saturated heterocycles. The molecule has 0 aliphatic rings. The monoisotopic (exact) mass is 262 g/mol. The van der Waals surface area contributed by atoms with Crippen molar-refractivity contribution in [2.24, 2.45) is 11.1 Å². The fourth-order valence-electron chi connectivity index (χ4n) is 2.11. The summed E-state index contributed by atoms with van der Waals surface area (Å²) in [4.78, 5) is 14.1. The lowest BCUT2D eigenvalue weighted by Gasteiger charge is -2.29. The first-order valence-electron chi connectivity index (χ1n) is 6.72. The van der Waals surface area contributed by atoms with Crippen molar-refractivity contribution in [2.45, 2.75) is 41.2 Å². The number of hydrogen-bond acceptors (Lipinski definition) is 2. The van der Waals surface area contributed by atoms with E-state index < -0.39 is 5.41 Å². The molecule has 0 fully saturated rings. The minimum Gasteiger partial charge on any atom is -0.341 e. The van der Waals surface area contributed by atoms with Crippen molar-refractivity contribution < 1.29 is 4.79 Å². The Balaban J connectivity index is 2.92. The third-order valence-corrected chi connectivity index (χ3v) is 4.01. The number of carbonyl (C=O) groups excluding carboxylic acids is 1. The number of rotatable bonds is 4. The summed E-state index contributed by atoms with van der Waals surface area (Å²) in [6.07, 6.45) is 0.